The normalized spacial score (nSPS) is 10.5. The summed E-state index contributed by atoms with van der Waals surface area (Å²) in [5, 5.41) is 5.99. The summed E-state index contributed by atoms with van der Waals surface area (Å²) in [6.45, 7) is 4.58. The Morgan fingerprint density at radius 3 is 2.84 bits per heavy atom. The van der Waals surface area contributed by atoms with Crippen LogP contribution in [-0.4, -0.2) is 17.4 Å². The Labute approximate surface area is 125 Å². The van der Waals surface area contributed by atoms with Gasteiger partial charge in [0.2, 0.25) is 0 Å². The molecule has 0 unspecified atom stereocenters. The van der Waals surface area contributed by atoms with Crippen LogP contribution in [-0.2, 0) is 6.42 Å². The maximum Gasteiger partial charge on any atom is 0.251 e. The van der Waals surface area contributed by atoms with Crippen molar-refractivity contribution < 1.29 is 4.79 Å². The second kappa shape index (κ2) is 6.30. The van der Waals surface area contributed by atoms with Crippen LogP contribution in [0, 0.1) is 13.8 Å². The second-order valence-corrected chi connectivity index (χ2v) is 6.15. The van der Waals surface area contributed by atoms with Crippen LogP contribution in [0.2, 0.25) is 0 Å². The zero-order valence-electron chi connectivity index (χ0n) is 10.9. The molecule has 2 aromatic rings. The quantitative estimate of drug-likeness (QED) is 0.926. The van der Waals surface area contributed by atoms with Crippen molar-refractivity contribution in [3.05, 3.63) is 49.9 Å². The molecule has 5 heteroatoms. The lowest BCUT2D eigenvalue weighted by Gasteiger charge is -2.05. The molecule has 1 amide bonds. The monoisotopic (exact) mass is 338 g/mol. The van der Waals surface area contributed by atoms with Crippen LogP contribution in [0.25, 0.3) is 0 Å². The number of aromatic nitrogens is 1. The van der Waals surface area contributed by atoms with Crippen LogP contribution < -0.4 is 5.32 Å². The molecular weight excluding hydrogens is 324 g/mol. The number of amides is 1. The standard InChI is InChI=1S/C14H15BrN2OS/c1-9-3-4-11(7-12(9)15)14(18)16-6-5-13-17-10(2)8-19-13/h3-4,7-8H,5-6H2,1-2H3,(H,16,18). The summed E-state index contributed by atoms with van der Waals surface area (Å²) in [4.78, 5) is 16.3. The smallest absolute Gasteiger partial charge is 0.251 e. The van der Waals surface area contributed by atoms with Gasteiger partial charge < -0.3 is 5.32 Å². The van der Waals surface area contributed by atoms with Crippen LogP contribution in [0.15, 0.2) is 28.1 Å². The van der Waals surface area contributed by atoms with Gasteiger partial charge in [0, 0.05) is 34.1 Å². The van der Waals surface area contributed by atoms with Crippen LogP contribution >= 0.6 is 27.3 Å². The average molecular weight is 339 g/mol. The van der Waals surface area contributed by atoms with Crippen molar-refractivity contribution in [2.75, 3.05) is 6.54 Å². The van der Waals surface area contributed by atoms with Gasteiger partial charge in [-0.15, -0.1) is 11.3 Å². The van der Waals surface area contributed by atoms with E-state index in [0.717, 1.165) is 27.2 Å². The van der Waals surface area contributed by atoms with E-state index in [1.54, 1.807) is 11.3 Å². The summed E-state index contributed by atoms with van der Waals surface area (Å²) in [7, 11) is 0. The van der Waals surface area contributed by atoms with E-state index in [-0.39, 0.29) is 5.91 Å². The predicted octanol–water partition coefficient (Wildman–Crippen LogP) is 3.49. The molecule has 2 rings (SSSR count). The molecule has 1 N–H and O–H groups in total. The topological polar surface area (TPSA) is 42.0 Å². The second-order valence-electron chi connectivity index (χ2n) is 4.35. The van der Waals surface area contributed by atoms with Gasteiger partial charge >= 0.3 is 0 Å². The summed E-state index contributed by atoms with van der Waals surface area (Å²) in [5.74, 6) is -0.0472. The van der Waals surface area contributed by atoms with E-state index in [2.05, 4.69) is 26.2 Å². The van der Waals surface area contributed by atoms with Gasteiger partial charge in [0.1, 0.15) is 0 Å². The van der Waals surface area contributed by atoms with Gasteiger partial charge in [-0.3, -0.25) is 4.79 Å². The Morgan fingerprint density at radius 2 is 2.21 bits per heavy atom. The lowest BCUT2D eigenvalue weighted by atomic mass is 10.1. The van der Waals surface area contributed by atoms with Crippen LogP contribution in [0.4, 0.5) is 0 Å². The summed E-state index contributed by atoms with van der Waals surface area (Å²) in [5.41, 5.74) is 2.83. The number of aryl methyl sites for hydroxylation is 2. The van der Waals surface area contributed by atoms with Crippen molar-refractivity contribution in [2.45, 2.75) is 20.3 Å². The highest BCUT2D eigenvalue weighted by Gasteiger charge is 2.07. The number of thiazole rings is 1. The van der Waals surface area contributed by atoms with Gasteiger partial charge in [0.05, 0.1) is 5.01 Å². The molecule has 0 fully saturated rings. The van der Waals surface area contributed by atoms with E-state index in [4.69, 9.17) is 0 Å². The number of hydrogen-bond acceptors (Lipinski definition) is 3. The third-order valence-electron chi connectivity index (χ3n) is 2.73. The fraction of sp³-hybridized carbons (Fsp3) is 0.286. The molecule has 0 saturated heterocycles. The molecule has 3 nitrogen and oxygen atoms in total. The SMILES string of the molecule is Cc1csc(CCNC(=O)c2ccc(C)c(Br)c2)n1. The molecule has 100 valence electrons. The molecule has 0 bridgehead atoms. The first-order chi connectivity index (χ1) is 9.06. The predicted molar refractivity (Wildman–Crippen MR) is 81.8 cm³/mol. The molecule has 0 aliphatic carbocycles. The number of rotatable bonds is 4. The number of halogens is 1. The van der Waals surface area contributed by atoms with E-state index >= 15 is 0 Å². The minimum absolute atomic E-state index is 0.0472. The van der Waals surface area contributed by atoms with Crippen LogP contribution in [0.5, 0.6) is 0 Å². The Bertz CT molecular complexity index is 595. The first kappa shape index (κ1) is 14.2. The fourth-order valence-corrected chi connectivity index (χ4v) is 2.79. The number of nitrogens with zero attached hydrogens (tertiary/aromatic N) is 1. The van der Waals surface area contributed by atoms with Gasteiger partial charge in [-0.1, -0.05) is 22.0 Å². The zero-order valence-corrected chi connectivity index (χ0v) is 13.3. The van der Waals surface area contributed by atoms with Crippen LogP contribution in [0.1, 0.15) is 26.6 Å². The van der Waals surface area contributed by atoms with Gasteiger partial charge in [-0.25, -0.2) is 4.98 Å². The summed E-state index contributed by atoms with van der Waals surface area (Å²) < 4.78 is 0.954. The highest BCUT2D eigenvalue weighted by atomic mass is 79.9. The van der Waals surface area contributed by atoms with E-state index < -0.39 is 0 Å². The van der Waals surface area contributed by atoms with Crippen molar-refractivity contribution >= 4 is 33.2 Å². The highest BCUT2D eigenvalue weighted by Crippen LogP contribution is 2.17. The van der Waals surface area contributed by atoms with Crippen molar-refractivity contribution in [1.82, 2.24) is 10.3 Å². The first-order valence-electron chi connectivity index (χ1n) is 6.01. The van der Waals surface area contributed by atoms with Crippen molar-refractivity contribution in [3.63, 3.8) is 0 Å². The zero-order chi connectivity index (χ0) is 13.8. The Balaban J connectivity index is 1.89. The lowest BCUT2D eigenvalue weighted by Crippen LogP contribution is -2.25. The summed E-state index contributed by atoms with van der Waals surface area (Å²) in [6, 6.07) is 5.62. The maximum absolute atomic E-state index is 12.0. The molecule has 0 aliphatic heterocycles. The first-order valence-corrected chi connectivity index (χ1v) is 7.69. The van der Waals surface area contributed by atoms with E-state index in [1.807, 2.05) is 37.4 Å². The van der Waals surface area contributed by atoms with Crippen molar-refractivity contribution in [1.29, 1.82) is 0 Å². The van der Waals surface area contributed by atoms with Gasteiger partial charge in [-0.2, -0.15) is 0 Å². The molecule has 1 aromatic carbocycles. The van der Waals surface area contributed by atoms with Crippen molar-refractivity contribution in [3.8, 4) is 0 Å². The van der Waals surface area contributed by atoms with Crippen molar-refractivity contribution in [2.24, 2.45) is 0 Å². The Kier molecular flexibility index (Phi) is 4.71. The number of carbonyl (C=O) groups excluding carboxylic acids is 1. The largest absolute Gasteiger partial charge is 0.352 e. The number of nitrogens with one attached hydrogen (secondary N) is 1. The molecular formula is C14H15BrN2OS. The van der Waals surface area contributed by atoms with Gasteiger partial charge in [-0.05, 0) is 31.5 Å². The molecule has 1 heterocycles. The molecule has 0 atom stereocenters. The molecule has 0 saturated carbocycles. The Hall–Kier alpha value is -1.20. The van der Waals surface area contributed by atoms with E-state index in [0.29, 0.717) is 12.1 Å². The minimum atomic E-state index is -0.0472. The number of benzene rings is 1. The molecule has 0 radical (unpaired) electrons. The van der Waals surface area contributed by atoms with Crippen LogP contribution in [0.3, 0.4) is 0 Å². The third kappa shape index (κ3) is 3.88. The summed E-state index contributed by atoms with van der Waals surface area (Å²) >= 11 is 5.07. The van der Waals surface area contributed by atoms with Gasteiger partial charge in [0.15, 0.2) is 0 Å². The lowest BCUT2D eigenvalue weighted by molar-refractivity contribution is 0.0954. The number of hydrogen-bond donors (Lipinski definition) is 1. The molecule has 19 heavy (non-hydrogen) atoms. The minimum Gasteiger partial charge on any atom is -0.352 e. The van der Waals surface area contributed by atoms with E-state index in [9.17, 15) is 4.79 Å². The fourth-order valence-electron chi connectivity index (χ4n) is 1.64. The number of carbonyl (C=O) groups is 1. The van der Waals surface area contributed by atoms with E-state index in [1.165, 1.54) is 0 Å². The Morgan fingerprint density at radius 1 is 1.42 bits per heavy atom. The highest BCUT2D eigenvalue weighted by molar-refractivity contribution is 9.10. The maximum atomic E-state index is 12.0. The molecule has 1 aromatic heterocycles. The third-order valence-corrected chi connectivity index (χ3v) is 4.61. The molecule has 0 spiro atoms. The summed E-state index contributed by atoms with van der Waals surface area (Å²) in [6.07, 6.45) is 0.775. The van der Waals surface area contributed by atoms with Gasteiger partial charge in [0.25, 0.3) is 5.91 Å². The molecule has 0 aliphatic rings. The average Bonchev–Trinajstić information content (AvgIpc) is 2.78.